The van der Waals surface area contributed by atoms with Gasteiger partial charge in [-0.05, 0) is 66.3 Å². The van der Waals surface area contributed by atoms with Gasteiger partial charge in [0.25, 0.3) is 5.91 Å². The summed E-state index contributed by atoms with van der Waals surface area (Å²) in [7, 11) is 0. The molecule has 0 radical (unpaired) electrons. The fraction of sp³-hybridized carbons (Fsp3) is 0.441. The van der Waals surface area contributed by atoms with Crippen molar-refractivity contribution in [2.45, 2.75) is 55.1 Å². The first-order valence-corrected chi connectivity index (χ1v) is 17.6. The highest BCUT2D eigenvalue weighted by Crippen LogP contribution is 2.68. The number of carbonyl (C=O) groups excluding carboxylic acids is 3. The van der Waals surface area contributed by atoms with Crippen molar-refractivity contribution >= 4 is 52.5 Å². The van der Waals surface area contributed by atoms with E-state index < -0.39 is 59.9 Å². The molecular formula is C34H32F3N3O7S2. The molecule has 2 saturated carbocycles. The number of aromatic amines is 1. The number of likely N-dealkylation sites (tertiary alicyclic amines) is 1. The lowest BCUT2D eigenvalue weighted by molar-refractivity contribution is -0.156. The number of ether oxygens (including phenoxy) is 1. The third-order valence-corrected chi connectivity index (χ3v) is 12.8. The van der Waals surface area contributed by atoms with Gasteiger partial charge in [0.1, 0.15) is 11.8 Å². The van der Waals surface area contributed by atoms with Crippen LogP contribution in [0, 0.1) is 35.5 Å². The number of para-hydroxylation sites is 1. The lowest BCUT2D eigenvalue weighted by atomic mass is 9.68. The lowest BCUT2D eigenvalue weighted by Gasteiger charge is -2.43. The molecule has 2 bridgehead atoms. The van der Waals surface area contributed by atoms with E-state index in [0.717, 1.165) is 43.8 Å². The standard InChI is InChI=1S/C34H32F3N3O7S2/c1-14(2)11-21(32(44)45)40-30(42)25-17-12-18(26(25)31(40)43)27-24(17)23(28-29(48-27)39-33(46)49-28)15-7-9-16(10-8-15)47-13-22(41)38-20-6-4-3-5-19(20)34(35,36)37/h3-10,14,17-18,21,23-27H,11-13H2,1-2H3,(H,38,41)(H,39,46)(H,44,45)/t17?,18?,21?,23-,24?,25?,26?,27?/m1/s1. The number of amides is 3. The Kier molecular flexibility index (Phi) is 8.41. The zero-order valence-electron chi connectivity index (χ0n) is 26.2. The number of aromatic nitrogens is 1. The van der Waals surface area contributed by atoms with Gasteiger partial charge < -0.3 is 20.1 Å². The molecular weight excluding hydrogens is 684 g/mol. The summed E-state index contributed by atoms with van der Waals surface area (Å²) >= 11 is 2.62. The molecule has 7 rings (SSSR count). The monoisotopic (exact) mass is 715 g/mol. The van der Waals surface area contributed by atoms with Gasteiger partial charge in [0.15, 0.2) is 6.61 Å². The second kappa shape index (κ2) is 12.3. The minimum absolute atomic E-state index is 0.0402. The van der Waals surface area contributed by atoms with Crippen LogP contribution in [0.1, 0.15) is 48.6 Å². The highest BCUT2D eigenvalue weighted by Gasteiger charge is 2.70. The largest absolute Gasteiger partial charge is 0.484 e. The number of carbonyl (C=O) groups is 4. The van der Waals surface area contributed by atoms with Crippen LogP contribution in [0.5, 0.6) is 5.75 Å². The van der Waals surface area contributed by atoms with Crippen molar-refractivity contribution in [2.24, 2.45) is 35.5 Å². The number of alkyl halides is 3. The first-order valence-electron chi connectivity index (χ1n) is 15.9. The predicted molar refractivity (Wildman–Crippen MR) is 173 cm³/mol. The van der Waals surface area contributed by atoms with Gasteiger partial charge in [-0.1, -0.05) is 49.4 Å². The summed E-state index contributed by atoms with van der Waals surface area (Å²) in [4.78, 5) is 69.5. The van der Waals surface area contributed by atoms with Crippen LogP contribution < -0.4 is 14.9 Å². The third-order valence-electron chi connectivity index (χ3n) is 10.2. The van der Waals surface area contributed by atoms with E-state index in [1.807, 2.05) is 13.8 Å². The molecule has 0 spiro atoms. The van der Waals surface area contributed by atoms with Crippen LogP contribution in [-0.2, 0) is 25.4 Å². The molecule has 3 N–H and O–H groups in total. The number of thiazole rings is 1. The zero-order chi connectivity index (χ0) is 34.9. The van der Waals surface area contributed by atoms with Crippen molar-refractivity contribution in [3.63, 3.8) is 0 Å². The fourth-order valence-corrected chi connectivity index (χ4v) is 11.3. The number of anilines is 1. The first-order chi connectivity index (χ1) is 23.2. The van der Waals surface area contributed by atoms with E-state index in [9.17, 15) is 42.3 Å². The van der Waals surface area contributed by atoms with Crippen LogP contribution in [0.4, 0.5) is 18.9 Å². The van der Waals surface area contributed by atoms with Crippen LogP contribution >= 0.6 is 23.1 Å². The number of nitrogens with one attached hydrogen (secondary N) is 2. The molecule has 2 aromatic carbocycles. The van der Waals surface area contributed by atoms with Crippen LogP contribution in [0.15, 0.2) is 58.4 Å². The summed E-state index contributed by atoms with van der Waals surface area (Å²) in [5.74, 6) is -4.53. The summed E-state index contributed by atoms with van der Waals surface area (Å²) in [6.07, 6.45) is -3.83. The van der Waals surface area contributed by atoms with E-state index in [2.05, 4.69) is 10.3 Å². The van der Waals surface area contributed by atoms with Gasteiger partial charge in [-0.15, -0.1) is 11.8 Å². The van der Waals surface area contributed by atoms with Gasteiger partial charge in [0, 0.05) is 16.0 Å². The Hall–Kier alpha value is -4.11. The number of benzene rings is 2. The van der Waals surface area contributed by atoms with E-state index in [1.54, 1.807) is 24.3 Å². The number of imide groups is 1. The van der Waals surface area contributed by atoms with Crippen LogP contribution in [0.3, 0.4) is 0 Å². The smallest absolute Gasteiger partial charge is 0.418 e. The molecule has 8 atom stereocenters. The van der Waals surface area contributed by atoms with E-state index in [-0.39, 0.29) is 51.8 Å². The maximum Gasteiger partial charge on any atom is 0.418 e. The molecule has 2 aliphatic heterocycles. The first kappa shape index (κ1) is 33.4. The molecule has 1 saturated heterocycles. The second-order valence-electron chi connectivity index (χ2n) is 13.4. The molecule has 4 aliphatic rings. The summed E-state index contributed by atoms with van der Waals surface area (Å²) in [6, 6.07) is 10.3. The third kappa shape index (κ3) is 5.73. The van der Waals surface area contributed by atoms with Crippen molar-refractivity contribution in [1.82, 2.24) is 9.88 Å². The molecule has 1 aromatic heterocycles. The van der Waals surface area contributed by atoms with E-state index in [0.29, 0.717) is 12.2 Å². The fourth-order valence-electron chi connectivity index (χ4n) is 8.43. The van der Waals surface area contributed by atoms with Crippen LogP contribution in [-0.4, -0.2) is 56.6 Å². The SMILES string of the molecule is CC(C)CC(C(=O)O)N1C(=O)C2C3CC(C2C1=O)C1C3Sc2[nH]c(=O)sc2[C@@H]1c1ccc(OCC(=O)Nc2ccccc2C(F)(F)F)cc1. The Morgan fingerprint density at radius 3 is 2.37 bits per heavy atom. The van der Waals surface area contributed by atoms with Crippen molar-refractivity contribution < 1.29 is 42.2 Å². The molecule has 3 fully saturated rings. The minimum Gasteiger partial charge on any atom is -0.484 e. The van der Waals surface area contributed by atoms with Crippen molar-refractivity contribution in [3.05, 3.63) is 74.2 Å². The summed E-state index contributed by atoms with van der Waals surface area (Å²) < 4.78 is 45.6. The van der Waals surface area contributed by atoms with E-state index in [1.165, 1.54) is 23.9 Å². The predicted octanol–water partition coefficient (Wildman–Crippen LogP) is 5.45. The Bertz CT molecular complexity index is 1890. The molecule has 3 aromatic rings. The number of fused-ring (bicyclic) bond motifs is 9. The molecule has 15 heteroatoms. The highest BCUT2D eigenvalue weighted by atomic mass is 32.2. The Morgan fingerprint density at radius 1 is 1.04 bits per heavy atom. The number of carboxylic acids is 1. The number of thioether (sulfide) groups is 1. The summed E-state index contributed by atoms with van der Waals surface area (Å²) in [6.45, 7) is 3.17. The van der Waals surface area contributed by atoms with Crippen LogP contribution in [0.25, 0.3) is 0 Å². The van der Waals surface area contributed by atoms with Gasteiger partial charge in [0.2, 0.25) is 11.8 Å². The summed E-state index contributed by atoms with van der Waals surface area (Å²) in [5.41, 5.74) is -0.505. The molecule has 3 heterocycles. The molecule has 2 aliphatic carbocycles. The number of hydrogen-bond acceptors (Lipinski definition) is 8. The number of halogens is 3. The lowest BCUT2D eigenvalue weighted by Crippen LogP contribution is -2.47. The minimum atomic E-state index is -4.64. The molecule has 49 heavy (non-hydrogen) atoms. The maximum atomic E-state index is 13.9. The number of nitrogens with zero attached hydrogens (tertiary/aromatic N) is 1. The quantitative estimate of drug-likeness (QED) is 0.248. The van der Waals surface area contributed by atoms with E-state index >= 15 is 0 Å². The number of hydrogen-bond donors (Lipinski definition) is 3. The Labute approximate surface area is 286 Å². The number of aliphatic carboxylic acids is 1. The number of rotatable bonds is 9. The van der Waals surface area contributed by atoms with Gasteiger partial charge >= 0.3 is 17.0 Å². The van der Waals surface area contributed by atoms with Gasteiger partial charge in [-0.2, -0.15) is 13.2 Å². The Balaban J connectivity index is 1.12. The van der Waals surface area contributed by atoms with Crippen LogP contribution in [0.2, 0.25) is 0 Å². The van der Waals surface area contributed by atoms with Crippen molar-refractivity contribution in [2.75, 3.05) is 11.9 Å². The molecule has 3 amide bonds. The molecule has 7 unspecified atom stereocenters. The Morgan fingerprint density at radius 2 is 1.71 bits per heavy atom. The van der Waals surface area contributed by atoms with E-state index in [4.69, 9.17) is 4.74 Å². The van der Waals surface area contributed by atoms with Gasteiger partial charge in [-0.3, -0.25) is 24.1 Å². The average molecular weight is 716 g/mol. The normalized spacial score (nSPS) is 27.6. The maximum absolute atomic E-state index is 13.9. The topological polar surface area (TPSA) is 146 Å². The summed E-state index contributed by atoms with van der Waals surface area (Å²) in [5, 5.41) is 12.9. The average Bonchev–Trinajstić information content (AvgIpc) is 3.77. The van der Waals surface area contributed by atoms with Gasteiger partial charge in [0.05, 0.1) is 28.1 Å². The number of H-pyrrole nitrogens is 1. The zero-order valence-corrected chi connectivity index (χ0v) is 27.9. The number of carboxylic acid groups (broad SMARTS) is 1. The molecule has 258 valence electrons. The second-order valence-corrected chi connectivity index (χ2v) is 15.6. The van der Waals surface area contributed by atoms with Crippen molar-refractivity contribution in [3.8, 4) is 5.75 Å². The molecule has 10 nitrogen and oxygen atoms in total. The van der Waals surface area contributed by atoms with Gasteiger partial charge in [-0.25, -0.2) is 4.79 Å². The highest BCUT2D eigenvalue weighted by molar-refractivity contribution is 8.00. The van der Waals surface area contributed by atoms with Crippen molar-refractivity contribution in [1.29, 1.82) is 0 Å².